The lowest BCUT2D eigenvalue weighted by Crippen LogP contribution is -2.44. The highest BCUT2D eigenvalue weighted by Gasteiger charge is 2.35. The van der Waals surface area contributed by atoms with E-state index in [0.29, 0.717) is 42.4 Å². The molecule has 162 valence electrons. The number of hydrogen-bond donors (Lipinski definition) is 1. The van der Waals surface area contributed by atoms with Crippen molar-refractivity contribution in [2.45, 2.75) is 38.1 Å². The van der Waals surface area contributed by atoms with Gasteiger partial charge in [-0.2, -0.15) is 0 Å². The molecule has 2 aliphatic heterocycles. The van der Waals surface area contributed by atoms with Crippen LogP contribution in [0.2, 0.25) is 5.02 Å². The number of carbonyl (C=O) groups is 3. The fourth-order valence-corrected chi connectivity index (χ4v) is 4.08. The molecule has 0 spiro atoms. The van der Waals surface area contributed by atoms with Crippen molar-refractivity contribution in [1.82, 2.24) is 4.90 Å². The van der Waals surface area contributed by atoms with Crippen LogP contribution in [0.3, 0.4) is 0 Å². The van der Waals surface area contributed by atoms with Crippen molar-refractivity contribution in [3.05, 3.63) is 53.6 Å². The van der Waals surface area contributed by atoms with Gasteiger partial charge in [0.25, 0.3) is 0 Å². The van der Waals surface area contributed by atoms with Gasteiger partial charge in [0.2, 0.25) is 11.8 Å². The predicted molar refractivity (Wildman–Crippen MR) is 118 cm³/mol. The van der Waals surface area contributed by atoms with E-state index in [-0.39, 0.29) is 11.8 Å². The van der Waals surface area contributed by atoms with Crippen LogP contribution in [-0.4, -0.2) is 41.9 Å². The molecule has 0 radical (unpaired) electrons. The SMILES string of the molecule is O=C(Nc1ccc(Cl)cc1)[C@H]1CCCN1C(=O)Oc1ccc(N2CCCCC2=O)cc1. The molecule has 0 unspecified atom stereocenters. The second-order valence-electron chi connectivity index (χ2n) is 7.71. The molecule has 2 heterocycles. The minimum Gasteiger partial charge on any atom is -0.410 e. The number of rotatable bonds is 4. The lowest BCUT2D eigenvalue weighted by Gasteiger charge is -2.27. The lowest BCUT2D eigenvalue weighted by molar-refractivity contribution is -0.120. The van der Waals surface area contributed by atoms with Gasteiger partial charge >= 0.3 is 6.09 Å². The van der Waals surface area contributed by atoms with E-state index in [9.17, 15) is 14.4 Å². The van der Waals surface area contributed by atoms with Crippen LogP contribution in [0.1, 0.15) is 32.1 Å². The molecule has 0 bridgehead atoms. The summed E-state index contributed by atoms with van der Waals surface area (Å²) in [4.78, 5) is 40.7. The molecule has 2 fully saturated rings. The first-order valence-electron chi connectivity index (χ1n) is 10.5. The molecule has 7 nitrogen and oxygen atoms in total. The van der Waals surface area contributed by atoms with Gasteiger partial charge < -0.3 is 15.0 Å². The molecule has 2 aromatic rings. The molecule has 0 saturated carbocycles. The maximum atomic E-state index is 12.7. The fourth-order valence-electron chi connectivity index (χ4n) is 3.95. The monoisotopic (exact) mass is 441 g/mol. The van der Waals surface area contributed by atoms with Crippen molar-refractivity contribution >= 4 is 40.9 Å². The van der Waals surface area contributed by atoms with Gasteiger partial charge in [0.05, 0.1) is 0 Å². The molecule has 1 atom stereocenters. The Morgan fingerprint density at radius 1 is 0.968 bits per heavy atom. The number of hydrogen-bond acceptors (Lipinski definition) is 4. The fraction of sp³-hybridized carbons (Fsp3) is 0.348. The van der Waals surface area contributed by atoms with Crippen LogP contribution in [-0.2, 0) is 9.59 Å². The molecular weight excluding hydrogens is 418 g/mol. The largest absolute Gasteiger partial charge is 0.415 e. The zero-order valence-electron chi connectivity index (χ0n) is 17.1. The lowest BCUT2D eigenvalue weighted by atomic mass is 10.1. The quantitative estimate of drug-likeness (QED) is 0.759. The number of nitrogens with one attached hydrogen (secondary N) is 1. The van der Waals surface area contributed by atoms with Gasteiger partial charge in [0.1, 0.15) is 11.8 Å². The van der Waals surface area contributed by atoms with Crippen molar-refractivity contribution in [1.29, 1.82) is 0 Å². The van der Waals surface area contributed by atoms with Crippen molar-refractivity contribution < 1.29 is 19.1 Å². The molecule has 2 saturated heterocycles. The van der Waals surface area contributed by atoms with Gasteiger partial charge in [0.15, 0.2) is 0 Å². The molecule has 3 amide bonds. The highest BCUT2D eigenvalue weighted by Crippen LogP contribution is 2.26. The van der Waals surface area contributed by atoms with Crippen LogP contribution in [0.5, 0.6) is 5.75 Å². The number of amides is 3. The average molecular weight is 442 g/mol. The first-order chi connectivity index (χ1) is 15.0. The summed E-state index contributed by atoms with van der Waals surface area (Å²) in [6, 6.07) is 13.1. The van der Waals surface area contributed by atoms with Gasteiger partial charge in [-0.05, 0) is 74.2 Å². The zero-order valence-corrected chi connectivity index (χ0v) is 17.8. The Balaban J connectivity index is 1.37. The van der Waals surface area contributed by atoms with Gasteiger partial charge in [-0.25, -0.2) is 4.79 Å². The molecule has 31 heavy (non-hydrogen) atoms. The van der Waals surface area contributed by atoms with E-state index in [2.05, 4.69) is 5.32 Å². The maximum absolute atomic E-state index is 12.7. The second-order valence-corrected chi connectivity index (χ2v) is 8.15. The molecule has 2 aliphatic rings. The Kier molecular flexibility index (Phi) is 6.42. The summed E-state index contributed by atoms with van der Waals surface area (Å²) >= 11 is 5.88. The normalized spacial score (nSPS) is 18.7. The standard InChI is InChI=1S/C23H24ClN3O4/c24-16-6-8-17(9-7-16)25-22(29)20-4-3-15-27(20)23(30)31-19-12-10-18(11-13-19)26-14-2-1-5-21(26)28/h6-13,20H,1-5,14-15H2,(H,25,29)/t20-/m1/s1. The van der Waals surface area contributed by atoms with Crippen LogP contribution < -0.4 is 15.0 Å². The van der Waals surface area contributed by atoms with Gasteiger partial charge in [0, 0.05) is 35.9 Å². The van der Waals surface area contributed by atoms with E-state index < -0.39 is 12.1 Å². The summed E-state index contributed by atoms with van der Waals surface area (Å²) in [5.74, 6) is 0.236. The number of carbonyl (C=O) groups excluding carboxylic acids is 3. The van der Waals surface area contributed by atoms with Gasteiger partial charge in [-0.3, -0.25) is 14.5 Å². The predicted octanol–water partition coefficient (Wildman–Crippen LogP) is 4.46. The number of halogens is 1. The molecule has 1 N–H and O–H groups in total. The molecule has 2 aromatic carbocycles. The van der Waals surface area contributed by atoms with E-state index >= 15 is 0 Å². The van der Waals surface area contributed by atoms with Crippen LogP contribution >= 0.6 is 11.6 Å². The number of benzene rings is 2. The Hall–Kier alpha value is -3.06. The third kappa shape index (κ3) is 4.99. The minimum absolute atomic E-state index is 0.114. The van der Waals surface area contributed by atoms with Crippen LogP contribution in [0.25, 0.3) is 0 Å². The summed E-state index contributed by atoms with van der Waals surface area (Å²) in [5.41, 5.74) is 1.42. The topological polar surface area (TPSA) is 79.0 Å². The molecular formula is C23H24ClN3O4. The van der Waals surface area contributed by atoms with E-state index in [0.717, 1.165) is 24.9 Å². The first-order valence-corrected chi connectivity index (χ1v) is 10.8. The van der Waals surface area contributed by atoms with Crippen molar-refractivity contribution in [2.24, 2.45) is 0 Å². The number of anilines is 2. The smallest absolute Gasteiger partial charge is 0.410 e. The zero-order chi connectivity index (χ0) is 21.8. The summed E-state index contributed by atoms with van der Waals surface area (Å²) in [5, 5.41) is 3.41. The Morgan fingerprint density at radius 2 is 1.71 bits per heavy atom. The summed E-state index contributed by atoms with van der Waals surface area (Å²) in [7, 11) is 0. The number of nitrogens with zero attached hydrogens (tertiary/aromatic N) is 2. The third-order valence-corrected chi connectivity index (χ3v) is 5.83. The van der Waals surface area contributed by atoms with Crippen molar-refractivity contribution in [2.75, 3.05) is 23.3 Å². The number of piperidine rings is 1. The minimum atomic E-state index is -0.589. The van der Waals surface area contributed by atoms with Crippen molar-refractivity contribution in [3.63, 3.8) is 0 Å². The van der Waals surface area contributed by atoms with E-state index in [1.54, 1.807) is 53.4 Å². The second kappa shape index (κ2) is 9.39. The highest BCUT2D eigenvalue weighted by atomic mass is 35.5. The third-order valence-electron chi connectivity index (χ3n) is 5.58. The number of likely N-dealkylation sites (tertiary alicyclic amines) is 1. The summed E-state index contributed by atoms with van der Waals surface area (Å²) < 4.78 is 5.50. The van der Waals surface area contributed by atoms with Gasteiger partial charge in [-0.1, -0.05) is 11.6 Å². The molecule has 8 heteroatoms. The summed E-state index contributed by atoms with van der Waals surface area (Å²) in [6.45, 7) is 1.16. The first kappa shape index (κ1) is 21.2. The van der Waals surface area contributed by atoms with Gasteiger partial charge in [-0.15, -0.1) is 0 Å². The Morgan fingerprint density at radius 3 is 2.42 bits per heavy atom. The molecule has 0 aliphatic carbocycles. The van der Waals surface area contributed by atoms with E-state index in [4.69, 9.17) is 16.3 Å². The van der Waals surface area contributed by atoms with E-state index in [1.165, 1.54) is 4.90 Å². The van der Waals surface area contributed by atoms with Crippen LogP contribution in [0, 0.1) is 0 Å². The molecule has 4 rings (SSSR count). The maximum Gasteiger partial charge on any atom is 0.415 e. The number of ether oxygens (including phenoxy) is 1. The molecule has 0 aromatic heterocycles. The van der Waals surface area contributed by atoms with E-state index in [1.807, 2.05) is 0 Å². The average Bonchev–Trinajstić information content (AvgIpc) is 3.27. The van der Waals surface area contributed by atoms with Crippen LogP contribution in [0.4, 0.5) is 16.2 Å². The Labute approximate surface area is 185 Å². The summed E-state index contributed by atoms with van der Waals surface area (Å²) in [6.07, 6.45) is 3.21. The van der Waals surface area contributed by atoms with Crippen molar-refractivity contribution in [3.8, 4) is 5.75 Å². The highest BCUT2D eigenvalue weighted by molar-refractivity contribution is 6.30. The Bertz CT molecular complexity index is 962. The van der Waals surface area contributed by atoms with Crippen LogP contribution in [0.15, 0.2) is 48.5 Å².